The number of carbonyl (C=O) groups is 2. The Labute approximate surface area is 225 Å². The third kappa shape index (κ3) is 21.4. The maximum absolute atomic E-state index is 12.1. The summed E-state index contributed by atoms with van der Waals surface area (Å²) in [4.78, 5) is 19.0. The summed E-state index contributed by atoms with van der Waals surface area (Å²) >= 11 is 0. The first kappa shape index (κ1) is 46.0. The van der Waals surface area contributed by atoms with Crippen LogP contribution in [0, 0.1) is 0 Å². The lowest BCUT2D eigenvalue weighted by molar-refractivity contribution is -0.385. The highest BCUT2D eigenvalue weighted by Gasteiger charge is 2.74. The third-order valence-electron chi connectivity index (χ3n) is 3.88. The summed E-state index contributed by atoms with van der Waals surface area (Å²) in [5.41, 5.74) is -6.95. The molecule has 2 atom stereocenters. The minimum Gasteiger partial charge on any atom is -0.392 e. The predicted molar refractivity (Wildman–Crippen MR) is 115 cm³/mol. The Morgan fingerprint density at radius 2 is 1.34 bits per heavy atom. The molecular formula is C19H28F12O9S. The van der Waals surface area contributed by atoms with E-state index in [9.17, 15) is 70.7 Å². The lowest BCUT2D eigenvalue weighted by Crippen LogP contribution is -2.56. The minimum absolute atomic E-state index is 0.0833. The molecular weight excluding hydrogens is 632 g/mol. The van der Waals surface area contributed by atoms with E-state index in [0.717, 1.165) is 0 Å². The van der Waals surface area contributed by atoms with Crippen molar-refractivity contribution in [3.8, 4) is 0 Å². The van der Waals surface area contributed by atoms with Crippen molar-refractivity contribution in [2.24, 2.45) is 0 Å². The van der Waals surface area contributed by atoms with E-state index >= 15 is 0 Å². The number of rotatable bonds is 4. The fourth-order valence-electron chi connectivity index (χ4n) is 1.74. The van der Waals surface area contributed by atoms with E-state index in [1.807, 2.05) is 0 Å². The van der Waals surface area contributed by atoms with Crippen molar-refractivity contribution < 1.29 is 95.3 Å². The van der Waals surface area contributed by atoms with Gasteiger partial charge in [0.1, 0.15) is 6.29 Å². The van der Waals surface area contributed by atoms with Gasteiger partial charge in [-0.3, -0.25) is 9.35 Å². The summed E-state index contributed by atoms with van der Waals surface area (Å²) in [6.07, 6.45) is -22.8. The molecule has 0 aromatic rings. The van der Waals surface area contributed by atoms with Crippen molar-refractivity contribution in [3.05, 3.63) is 12.7 Å². The number of halogens is 12. The van der Waals surface area contributed by atoms with Gasteiger partial charge in [-0.05, 0) is 19.8 Å². The molecule has 1 rings (SSSR count). The van der Waals surface area contributed by atoms with Crippen molar-refractivity contribution >= 4 is 22.2 Å². The lowest BCUT2D eigenvalue weighted by atomic mass is 9.99. The van der Waals surface area contributed by atoms with Crippen molar-refractivity contribution in [2.45, 2.75) is 81.7 Å². The zero-order valence-electron chi connectivity index (χ0n) is 21.2. The molecule has 1 aliphatic rings. The van der Waals surface area contributed by atoms with Gasteiger partial charge in [0.25, 0.3) is 15.7 Å². The van der Waals surface area contributed by atoms with Crippen LogP contribution in [0.1, 0.15) is 39.5 Å². The van der Waals surface area contributed by atoms with Gasteiger partial charge >= 0.3 is 24.7 Å². The topological polar surface area (TPSA) is 158 Å². The molecule has 4 N–H and O–H groups in total. The molecule has 0 spiro atoms. The summed E-state index contributed by atoms with van der Waals surface area (Å²) in [6, 6.07) is 0. The first-order valence-corrected chi connectivity index (χ1v) is 12.1. The molecule has 1 fully saturated rings. The Balaban J connectivity index is -0.000000226. The largest absolute Gasteiger partial charge is 0.449 e. The van der Waals surface area contributed by atoms with Gasteiger partial charge < -0.3 is 24.9 Å². The number of hydrogen-bond donors (Lipinski definition) is 4. The molecule has 1 saturated heterocycles. The van der Waals surface area contributed by atoms with Crippen LogP contribution in [-0.4, -0.2) is 95.4 Å². The van der Waals surface area contributed by atoms with Gasteiger partial charge in [0.2, 0.25) is 5.78 Å². The SMILES string of the molecule is C=CCO.CC(=O)C(F)(F)F.CC(O)(CCC=O)C(F)(F)F.CS(=O)(=O)O.OC1CCC(C(F)(F)F)(C(F)(F)F)O1. The molecule has 0 radical (unpaired) electrons. The predicted octanol–water partition coefficient (Wildman–Crippen LogP) is 4.06. The van der Waals surface area contributed by atoms with Crippen LogP contribution in [-0.2, 0) is 24.4 Å². The fourth-order valence-corrected chi connectivity index (χ4v) is 1.74. The minimum atomic E-state index is -5.57. The van der Waals surface area contributed by atoms with Crippen LogP contribution in [0.25, 0.3) is 0 Å². The van der Waals surface area contributed by atoms with E-state index in [1.54, 1.807) is 0 Å². The molecule has 9 nitrogen and oxygen atoms in total. The summed E-state index contributed by atoms with van der Waals surface area (Å²) in [7, 11) is -3.67. The Morgan fingerprint density at radius 3 is 1.46 bits per heavy atom. The number of alkyl halides is 12. The molecule has 22 heteroatoms. The summed E-state index contributed by atoms with van der Waals surface area (Å²) in [6.45, 7) is 4.45. The zero-order valence-corrected chi connectivity index (χ0v) is 22.1. The van der Waals surface area contributed by atoms with E-state index in [0.29, 0.717) is 26.4 Å². The smallest absolute Gasteiger partial charge is 0.392 e. The number of aldehydes is 1. The monoisotopic (exact) mass is 660 g/mol. The first-order chi connectivity index (χ1) is 17.8. The van der Waals surface area contributed by atoms with Gasteiger partial charge in [-0.25, -0.2) is 0 Å². The number of hydrogen-bond acceptors (Lipinski definition) is 8. The van der Waals surface area contributed by atoms with Crippen molar-refractivity contribution in [2.75, 3.05) is 12.9 Å². The molecule has 1 heterocycles. The number of Topliss-reactive ketones (excluding diaryl/α,β-unsaturated/α-hetero) is 1. The number of aliphatic hydroxyl groups excluding tert-OH is 2. The lowest BCUT2D eigenvalue weighted by Gasteiger charge is -2.32. The highest BCUT2D eigenvalue weighted by atomic mass is 32.2. The molecule has 0 amide bonds. The van der Waals surface area contributed by atoms with E-state index in [2.05, 4.69) is 11.3 Å². The van der Waals surface area contributed by atoms with Gasteiger partial charge in [0, 0.05) is 19.8 Å². The van der Waals surface area contributed by atoms with Crippen LogP contribution in [0.5, 0.6) is 0 Å². The van der Waals surface area contributed by atoms with Crippen LogP contribution < -0.4 is 0 Å². The molecule has 2 unspecified atom stereocenters. The second-order valence-electron chi connectivity index (χ2n) is 7.67. The second-order valence-corrected chi connectivity index (χ2v) is 9.13. The van der Waals surface area contributed by atoms with Crippen molar-refractivity contribution in [3.63, 3.8) is 0 Å². The average Bonchev–Trinajstić information content (AvgIpc) is 3.14. The van der Waals surface area contributed by atoms with Crippen molar-refractivity contribution in [1.82, 2.24) is 0 Å². The standard InChI is InChI=1S/C6H6F6O2.C6H9F3O2.C3H3F3O.C3H6O.CH4O3S/c7-5(8,9)4(6(10,11)12)2-1-3(13)14-4;1-5(11,3-2-4-10)6(7,8)9;1-2(7)3(4,5)6;1-2-3-4;1-5(2,3)4/h3,13H,1-2H2;4,11H,2-3H2,1H3;1H3;2,4H,1,3H2;1H3,(H,2,3,4). The Morgan fingerprint density at radius 1 is 1.02 bits per heavy atom. The van der Waals surface area contributed by atoms with Gasteiger partial charge in [-0.1, -0.05) is 6.08 Å². The molecule has 0 aromatic carbocycles. The third-order valence-corrected chi connectivity index (χ3v) is 3.88. The van der Waals surface area contributed by atoms with Crippen LogP contribution in [0.15, 0.2) is 12.7 Å². The van der Waals surface area contributed by atoms with Gasteiger partial charge in [0.05, 0.1) is 12.9 Å². The Hall–Kier alpha value is -2.01. The normalized spacial score (nSPS) is 18.3. The maximum atomic E-state index is 12.1. The Kier molecular flexibility index (Phi) is 20.0. The average molecular weight is 660 g/mol. The van der Waals surface area contributed by atoms with E-state index < -0.39 is 77.4 Å². The molecule has 0 saturated carbocycles. The maximum Gasteiger partial charge on any atom is 0.449 e. The van der Waals surface area contributed by atoms with E-state index in [1.165, 1.54) is 6.08 Å². The molecule has 41 heavy (non-hydrogen) atoms. The summed E-state index contributed by atoms with van der Waals surface area (Å²) < 4.78 is 170. The van der Waals surface area contributed by atoms with E-state index in [-0.39, 0.29) is 13.0 Å². The molecule has 1 aliphatic heterocycles. The second kappa shape index (κ2) is 17.8. The van der Waals surface area contributed by atoms with Crippen LogP contribution in [0.3, 0.4) is 0 Å². The van der Waals surface area contributed by atoms with Gasteiger partial charge in [-0.15, -0.1) is 6.58 Å². The van der Waals surface area contributed by atoms with Gasteiger partial charge in [-0.2, -0.15) is 61.1 Å². The molecule has 0 aliphatic carbocycles. The Bertz CT molecular complexity index is 856. The van der Waals surface area contributed by atoms with E-state index in [4.69, 9.17) is 19.9 Å². The highest BCUT2D eigenvalue weighted by molar-refractivity contribution is 7.85. The number of ketones is 1. The van der Waals surface area contributed by atoms with Crippen LogP contribution >= 0.6 is 0 Å². The van der Waals surface area contributed by atoms with Crippen molar-refractivity contribution in [1.29, 1.82) is 0 Å². The molecule has 248 valence electrons. The highest BCUT2D eigenvalue weighted by Crippen LogP contribution is 2.52. The van der Waals surface area contributed by atoms with Crippen LogP contribution in [0.2, 0.25) is 0 Å². The summed E-state index contributed by atoms with van der Waals surface area (Å²) in [5, 5.41) is 25.0. The van der Waals surface area contributed by atoms with Gasteiger partial charge in [0.15, 0.2) is 11.9 Å². The number of aliphatic hydroxyl groups is 3. The molecule has 0 aromatic heterocycles. The quantitative estimate of drug-likeness (QED) is 0.151. The fraction of sp³-hybridized carbons (Fsp3) is 0.789. The molecule has 0 bridgehead atoms. The number of carbonyl (C=O) groups excluding carboxylic acids is 2. The summed E-state index contributed by atoms with van der Waals surface area (Å²) in [5.74, 6) is -1.76. The zero-order chi connectivity index (χ0) is 34.3. The van der Waals surface area contributed by atoms with Crippen LogP contribution in [0.4, 0.5) is 52.7 Å². The number of ether oxygens (including phenoxy) is 1. The first-order valence-electron chi connectivity index (χ1n) is 10.2.